The minimum atomic E-state index is -3.60. The van der Waals surface area contributed by atoms with Gasteiger partial charge in [0.25, 0.3) is 5.91 Å². The Morgan fingerprint density at radius 3 is 2.50 bits per heavy atom. The van der Waals surface area contributed by atoms with Crippen molar-refractivity contribution in [3.8, 4) is 11.5 Å². The number of ether oxygens (including phenoxy) is 3. The Kier molecular flexibility index (Phi) is 6.97. The largest absolute Gasteiger partial charge is 0.493 e. The maximum Gasteiger partial charge on any atom is 0.301 e. The van der Waals surface area contributed by atoms with Crippen molar-refractivity contribution in [2.24, 2.45) is 0 Å². The second kappa shape index (κ2) is 9.44. The first-order valence-electron chi connectivity index (χ1n) is 9.44. The van der Waals surface area contributed by atoms with E-state index in [4.69, 9.17) is 14.2 Å². The highest BCUT2D eigenvalue weighted by Gasteiger charge is 2.24. The SMILES string of the molecule is COc1cc(NS(=O)(=O)N2CCCCC2)ccc1OCC(=O)N1CCOCC1. The molecule has 0 saturated carbocycles. The van der Waals surface area contributed by atoms with Crippen molar-refractivity contribution in [2.75, 3.05) is 57.8 Å². The van der Waals surface area contributed by atoms with E-state index in [-0.39, 0.29) is 12.5 Å². The van der Waals surface area contributed by atoms with Gasteiger partial charge in [-0.1, -0.05) is 6.42 Å². The molecular formula is C18H27N3O6S. The molecular weight excluding hydrogens is 386 g/mol. The van der Waals surface area contributed by atoms with E-state index in [1.165, 1.54) is 11.4 Å². The Bertz CT molecular complexity index is 774. The van der Waals surface area contributed by atoms with Crippen LogP contribution in [0.25, 0.3) is 0 Å². The average molecular weight is 413 g/mol. The van der Waals surface area contributed by atoms with Crippen LogP contribution in [0.5, 0.6) is 11.5 Å². The Balaban J connectivity index is 1.62. The van der Waals surface area contributed by atoms with Crippen LogP contribution in [0.1, 0.15) is 19.3 Å². The number of rotatable bonds is 7. The van der Waals surface area contributed by atoms with Crippen LogP contribution in [-0.2, 0) is 19.7 Å². The second-order valence-corrected chi connectivity index (χ2v) is 8.38. The number of nitrogens with one attached hydrogen (secondary N) is 1. The van der Waals surface area contributed by atoms with Gasteiger partial charge in [-0.15, -0.1) is 0 Å². The number of anilines is 1. The molecule has 3 rings (SSSR count). The third-order valence-electron chi connectivity index (χ3n) is 4.78. The van der Waals surface area contributed by atoms with Gasteiger partial charge in [0, 0.05) is 32.2 Å². The summed E-state index contributed by atoms with van der Waals surface area (Å²) in [5.74, 6) is 0.610. The number of methoxy groups -OCH3 is 1. The predicted octanol–water partition coefficient (Wildman–Crippen LogP) is 1.08. The topological polar surface area (TPSA) is 97.4 Å². The Morgan fingerprint density at radius 1 is 1.11 bits per heavy atom. The van der Waals surface area contributed by atoms with Crippen molar-refractivity contribution in [2.45, 2.75) is 19.3 Å². The number of piperidine rings is 1. The normalized spacial score (nSPS) is 18.5. The number of carbonyl (C=O) groups is 1. The Morgan fingerprint density at radius 2 is 1.82 bits per heavy atom. The van der Waals surface area contributed by atoms with Gasteiger partial charge < -0.3 is 19.1 Å². The molecule has 0 aromatic heterocycles. The maximum atomic E-state index is 12.5. The number of amides is 1. The van der Waals surface area contributed by atoms with Crippen LogP contribution in [0, 0.1) is 0 Å². The van der Waals surface area contributed by atoms with Gasteiger partial charge in [0.15, 0.2) is 18.1 Å². The summed E-state index contributed by atoms with van der Waals surface area (Å²) in [6, 6.07) is 4.74. The van der Waals surface area contributed by atoms with Gasteiger partial charge in [-0.25, -0.2) is 0 Å². The molecule has 28 heavy (non-hydrogen) atoms. The van der Waals surface area contributed by atoms with E-state index in [2.05, 4.69) is 4.72 Å². The minimum absolute atomic E-state index is 0.116. The van der Waals surface area contributed by atoms with Crippen LogP contribution >= 0.6 is 0 Å². The van der Waals surface area contributed by atoms with E-state index in [1.807, 2.05) is 0 Å². The first-order chi connectivity index (χ1) is 13.5. The van der Waals surface area contributed by atoms with Crippen LogP contribution in [0.2, 0.25) is 0 Å². The van der Waals surface area contributed by atoms with Gasteiger partial charge in [-0.05, 0) is 25.0 Å². The number of carbonyl (C=O) groups excluding carboxylic acids is 1. The summed E-state index contributed by atoms with van der Waals surface area (Å²) in [4.78, 5) is 13.9. The molecule has 2 fully saturated rings. The average Bonchev–Trinajstić information content (AvgIpc) is 2.73. The number of nitrogens with zero attached hydrogens (tertiary/aromatic N) is 2. The summed E-state index contributed by atoms with van der Waals surface area (Å²) in [5.41, 5.74) is 0.384. The molecule has 2 aliphatic rings. The number of benzene rings is 1. The lowest BCUT2D eigenvalue weighted by Crippen LogP contribution is -2.43. The molecule has 0 aliphatic carbocycles. The van der Waals surface area contributed by atoms with E-state index < -0.39 is 10.2 Å². The van der Waals surface area contributed by atoms with Crippen LogP contribution in [-0.4, -0.2) is 76.6 Å². The predicted molar refractivity (Wildman–Crippen MR) is 104 cm³/mol. The van der Waals surface area contributed by atoms with E-state index >= 15 is 0 Å². The Hall–Kier alpha value is -2.04. The standard InChI is InChI=1S/C18H27N3O6S/c1-25-17-13-15(19-28(23,24)21-7-3-2-4-8-21)5-6-16(17)27-14-18(22)20-9-11-26-12-10-20/h5-6,13,19H,2-4,7-12,14H2,1H3. The lowest BCUT2D eigenvalue weighted by molar-refractivity contribution is -0.137. The first kappa shape index (κ1) is 20.7. The molecule has 0 spiro atoms. The van der Waals surface area contributed by atoms with Crippen LogP contribution < -0.4 is 14.2 Å². The van der Waals surface area contributed by atoms with Crippen molar-refractivity contribution in [1.82, 2.24) is 9.21 Å². The molecule has 1 N–H and O–H groups in total. The molecule has 156 valence electrons. The molecule has 1 amide bonds. The molecule has 1 aromatic rings. The van der Waals surface area contributed by atoms with Gasteiger partial charge in [-0.2, -0.15) is 12.7 Å². The van der Waals surface area contributed by atoms with Crippen LogP contribution in [0.4, 0.5) is 5.69 Å². The summed E-state index contributed by atoms with van der Waals surface area (Å²) in [5, 5.41) is 0. The van der Waals surface area contributed by atoms with E-state index in [9.17, 15) is 13.2 Å². The zero-order valence-corrected chi connectivity index (χ0v) is 16.9. The monoisotopic (exact) mass is 413 g/mol. The van der Waals surface area contributed by atoms with E-state index in [0.29, 0.717) is 56.6 Å². The molecule has 0 bridgehead atoms. The van der Waals surface area contributed by atoms with Gasteiger partial charge in [0.1, 0.15) is 0 Å². The van der Waals surface area contributed by atoms with Gasteiger partial charge >= 0.3 is 10.2 Å². The lowest BCUT2D eigenvalue weighted by Gasteiger charge is -2.27. The van der Waals surface area contributed by atoms with Gasteiger partial charge in [0.05, 0.1) is 26.0 Å². The van der Waals surface area contributed by atoms with Crippen LogP contribution in [0.3, 0.4) is 0 Å². The van der Waals surface area contributed by atoms with E-state index in [1.54, 1.807) is 23.1 Å². The van der Waals surface area contributed by atoms with Crippen molar-refractivity contribution < 1.29 is 27.4 Å². The quantitative estimate of drug-likeness (QED) is 0.718. The summed E-state index contributed by atoms with van der Waals surface area (Å²) < 4.78 is 45.2. The zero-order valence-electron chi connectivity index (χ0n) is 16.1. The first-order valence-corrected chi connectivity index (χ1v) is 10.9. The van der Waals surface area contributed by atoms with Gasteiger partial charge in [-0.3, -0.25) is 9.52 Å². The maximum absolute atomic E-state index is 12.5. The summed E-state index contributed by atoms with van der Waals surface area (Å²) in [6.07, 6.45) is 2.79. The van der Waals surface area contributed by atoms with Crippen molar-refractivity contribution in [1.29, 1.82) is 0 Å². The fourth-order valence-corrected chi connectivity index (χ4v) is 4.51. The molecule has 0 unspecified atom stereocenters. The molecule has 2 heterocycles. The number of hydrogen-bond acceptors (Lipinski definition) is 6. The van der Waals surface area contributed by atoms with Crippen molar-refractivity contribution in [3.05, 3.63) is 18.2 Å². The van der Waals surface area contributed by atoms with Crippen LogP contribution in [0.15, 0.2) is 18.2 Å². The number of morpholine rings is 1. The van der Waals surface area contributed by atoms with Crippen molar-refractivity contribution >= 4 is 21.8 Å². The highest BCUT2D eigenvalue weighted by Crippen LogP contribution is 2.31. The summed E-state index contributed by atoms with van der Waals surface area (Å²) >= 11 is 0. The Labute approximate surface area is 165 Å². The summed E-state index contributed by atoms with van der Waals surface area (Å²) in [6.45, 7) is 3.10. The van der Waals surface area contributed by atoms with Gasteiger partial charge in [0.2, 0.25) is 0 Å². The molecule has 0 radical (unpaired) electrons. The molecule has 9 nitrogen and oxygen atoms in total. The highest BCUT2D eigenvalue weighted by atomic mass is 32.2. The molecule has 2 aliphatic heterocycles. The minimum Gasteiger partial charge on any atom is -0.493 e. The van der Waals surface area contributed by atoms with Crippen molar-refractivity contribution in [3.63, 3.8) is 0 Å². The molecule has 1 aromatic carbocycles. The smallest absolute Gasteiger partial charge is 0.301 e. The van der Waals surface area contributed by atoms with E-state index in [0.717, 1.165) is 19.3 Å². The fraction of sp³-hybridized carbons (Fsp3) is 0.611. The fourth-order valence-electron chi connectivity index (χ4n) is 3.21. The molecule has 10 heteroatoms. The second-order valence-electron chi connectivity index (χ2n) is 6.71. The highest BCUT2D eigenvalue weighted by molar-refractivity contribution is 7.90. The third kappa shape index (κ3) is 5.27. The third-order valence-corrected chi connectivity index (χ3v) is 6.32. The molecule has 0 atom stereocenters. The summed E-state index contributed by atoms with van der Waals surface area (Å²) in [7, 11) is -2.13. The molecule has 2 saturated heterocycles. The zero-order chi connectivity index (χ0) is 20.0. The lowest BCUT2D eigenvalue weighted by atomic mass is 10.2. The number of hydrogen-bond donors (Lipinski definition) is 1.